The van der Waals surface area contributed by atoms with Crippen LogP contribution in [0.1, 0.15) is 43.0 Å². The van der Waals surface area contributed by atoms with Crippen molar-refractivity contribution in [3.8, 4) is 5.75 Å². The molecular formula is C19H26F2N2O2. The van der Waals surface area contributed by atoms with Crippen molar-refractivity contribution in [2.75, 3.05) is 33.3 Å². The molecule has 1 aromatic carbocycles. The van der Waals surface area contributed by atoms with Gasteiger partial charge in [0.1, 0.15) is 11.4 Å². The summed E-state index contributed by atoms with van der Waals surface area (Å²) in [4.78, 5) is 16.7. The van der Waals surface area contributed by atoms with Crippen LogP contribution in [0.5, 0.6) is 5.75 Å². The van der Waals surface area contributed by atoms with Gasteiger partial charge in [0, 0.05) is 19.1 Å². The average molecular weight is 352 g/mol. The normalized spacial score (nSPS) is 20.7. The van der Waals surface area contributed by atoms with Crippen LogP contribution in [0.25, 0.3) is 0 Å². The summed E-state index contributed by atoms with van der Waals surface area (Å²) in [7, 11) is 1.30. The smallest absolute Gasteiger partial charge is 0.259 e. The number of halogens is 2. The average Bonchev–Trinajstić information content (AvgIpc) is 3.16. The Morgan fingerprint density at radius 3 is 2.40 bits per heavy atom. The van der Waals surface area contributed by atoms with E-state index in [1.807, 2.05) is 0 Å². The van der Waals surface area contributed by atoms with Crippen molar-refractivity contribution in [1.29, 1.82) is 0 Å². The van der Waals surface area contributed by atoms with Crippen LogP contribution in [0.15, 0.2) is 12.1 Å². The van der Waals surface area contributed by atoms with Crippen molar-refractivity contribution in [3.63, 3.8) is 0 Å². The number of benzene rings is 1. The van der Waals surface area contributed by atoms with Gasteiger partial charge in [-0.25, -0.2) is 8.78 Å². The SMILES string of the molecule is COc1ccc(F)c(C(=O)N2CCC(C(C)N3CCCC3)CC2)c1F. The predicted octanol–water partition coefficient (Wildman–Crippen LogP) is 3.31. The Morgan fingerprint density at radius 1 is 1.16 bits per heavy atom. The van der Waals surface area contributed by atoms with Crippen LogP contribution in [0.2, 0.25) is 0 Å². The van der Waals surface area contributed by atoms with Crippen LogP contribution in [-0.4, -0.2) is 55.0 Å². The summed E-state index contributed by atoms with van der Waals surface area (Å²) in [5.41, 5.74) is -0.509. The maximum absolute atomic E-state index is 14.3. The molecule has 1 unspecified atom stereocenters. The molecule has 0 bridgehead atoms. The second kappa shape index (κ2) is 7.68. The fraction of sp³-hybridized carbons (Fsp3) is 0.632. The molecule has 2 fully saturated rings. The number of ether oxygens (including phenoxy) is 1. The molecular weight excluding hydrogens is 326 g/mol. The van der Waals surface area contributed by atoms with E-state index in [0.717, 1.165) is 32.0 Å². The molecule has 0 aliphatic carbocycles. The number of rotatable bonds is 4. The van der Waals surface area contributed by atoms with E-state index in [9.17, 15) is 13.6 Å². The van der Waals surface area contributed by atoms with E-state index in [1.54, 1.807) is 4.90 Å². The fourth-order valence-electron chi connectivity index (χ4n) is 4.08. The second-order valence-corrected chi connectivity index (χ2v) is 7.05. The zero-order valence-electron chi connectivity index (χ0n) is 14.9. The van der Waals surface area contributed by atoms with Crippen LogP contribution in [0.3, 0.4) is 0 Å². The summed E-state index contributed by atoms with van der Waals surface area (Å²) in [6.07, 6.45) is 4.26. The van der Waals surface area contributed by atoms with Gasteiger partial charge in [0.15, 0.2) is 11.6 Å². The number of likely N-dealkylation sites (tertiary alicyclic amines) is 2. The third kappa shape index (κ3) is 3.64. The van der Waals surface area contributed by atoms with Crippen LogP contribution in [0, 0.1) is 17.6 Å². The molecule has 0 saturated carbocycles. The topological polar surface area (TPSA) is 32.8 Å². The first-order chi connectivity index (χ1) is 12.0. The third-order valence-corrected chi connectivity index (χ3v) is 5.72. The molecule has 138 valence electrons. The Kier molecular flexibility index (Phi) is 5.57. The highest BCUT2D eigenvalue weighted by atomic mass is 19.1. The first-order valence-corrected chi connectivity index (χ1v) is 9.08. The van der Waals surface area contributed by atoms with Crippen LogP contribution >= 0.6 is 0 Å². The van der Waals surface area contributed by atoms with Crippen molar-refractivity contribution in [2.24, 2.45) is 5.92 Å². The molecule has 2 aliphatic rings. The molecule has 1 aromatic rings. The van der Waals surface area contributed by atoms with Gasteiger partial charge in [0.2, 0.25) is 0 Å². The first-order valence-electron chi connectivity index (χ1n) is 9.08. The number of piperidine rings is 1. The highest BCUT2D eigenvalue weighted by Crippen LogP contribution is 2.29. The summed E-state index contributed by atoms with van der Waals surface area (Å²) in [5.74, 6) is -1.92. The summed E-state index contributed by atoms with van der Waals surface area (Å²) < 4.78 is 33.2. The van der Waals surface area contributed by atoms with E-state index in [2.05, 4.69) is 11.8 Å². The second-order valence-electron chi connectivity index (χ2n) is 7.05. The van der Waals surface area contributed by atoms with Gasteiger partial charge < -0.3 is 14.5 Å². The van der Waals surface area contributed by atoms with Gasteiger partial charge in [-0.15, -0.1) is 0 Å². The molecule has 2 saturated heterocycles. The lowest BCUT2D eigenvalue weighted by molar-refractivity contribution is 0.0614. The minimum Gasteiger partial charge on any atom is -0.494 e. The van der Waals surface area contributed by atoms with E-state index in [0.29, 0.717) is 25.0 Å². The number of hydrogen-bond acceptors (Lipinski definition) is 3. The van der Waals surface area contributed by atoms with E-state index in [-0.39, 0.29) is 5.75 Å². The largest absolute Gasteiger partial charge is 0.494 e. The lowest BCUT2D eigenvalue weighted by Crippen LogP contribution is -2.45. The van der Waals surface area contributed by atoms with Gasteiger partial charge in [-0.2, -0.15) is 0 Å². The highest BCUT2D eigenvalue weighted by Gasteiger charge is 2.32. The molecule has 4 nitrogen and oxygen atoms in total. The molecule has 1 atom stereocenters. The standard InChI is InChI=1S/C19H26F2N2O2/c1-13(22-9-3-4-10-22)14-7-11-23(12-8-14)19(24)17-15(20)5-6-16(25-2)18(17)21/h5-6,13-14H,3-4,7-12H2,1-2H3. The monoisotopic (exact) mass is 352 g/mol. The van der Waals surface area contributed by atoms with Crippen LogP contribution in [-0.2, 0) is 0 Å². The van der Waals surface area contributed by atoms with Gasteiger partial charge in [0.05, 0.1) is 7.11 Å². The minimum atomic E-state index is -0.917. The number of carbonyl (C=O) groups is 1. The van der Waals surface area contributed by atoms with Gasteiger partial charge >= 0.3 is 0 Å². The molecule has 1 amide bonds. The molecule has 6 heteroatoms. The number of amides is 1. The molecule has 3 rings (SSSR count). The van der Waals surface area contributed by atoms with E-state index in [1.165, 1.54) is 26.0 Å². The number of methoxy groups -OCH3 is 1. The molecule has 0 N–H and O–H groups in total. The van der Waals surface area contributed by atoms with Crippen molar-refractivity contribution in [2.45, 2.75) is 38.6 Å². The maximum atomic E-state index is 14.3. The Labute approximate surface area is 147 Å². The van der Waals surface area contributed by atoms with Gasteiger partial charge in [-0.1, -0.05) is 0 Å². The van der Waals surface area contributed by atoms with E-state index >= 15 is 0 Å². The van der Waals surface area contributed by atoms with Crippen molar-refractivity contribution < 1.29 is 18.3 Å². The van der Waals surface area contributed by atoms with E-state index in [4.69, 9.17) is 4.74 Å². The Bertz CT molecular complexity index is 624. The Morgan fingerprint density at radius 2 is 1.80 bits per heavy atom. The molecule has 25 heavy (non-hydrogen) atoms. The summed E-state index contributed by atoms with van der Waals surface area (Å²) >= 11 is 0. The molecule has 0 radical (unpaired) electrons. The number of carbonyl (C=O) groups excluding carboxylic acids is 1. The van der Waals surface area contributed by atoms with Gasteiger partial charge in [-0.3, -0.25) is 4.79 Å². The predicted molar refractivity (Wildman–Crippen MR) is 91.8 cm³/mol. The van der Waals surface area contributed by atoms with Gasteiger partial charge in [0.25, 0.3) is 5.91 Å². The zero-order valence-corrected chi connectivity index (χ0v) is 14.9. The van der Waals surface area contributed by atoms with Crippen LogP contribution < -0.4 is 4.74 Å². The molecule has 2 aliphatic heterocycles. The van der Waals surface area contributed by atoms with Gasteiger partial charge in [-0.05, 0) is 63.7 Å². The fourth-order valence-corrected chi connectivity index (χ4v) is 4.08. The Balaban J connectivity index is 1.66. The minimum absolute atomic E-state index is 0.109. The van der Waals surface area contributed by atoms with Crippen LogP contribution in [0.4, 0.5) is 8.78 Å². The summed E-state index contributed by atoms with van der Waals surface area (Å²) in [5, 5.41) is 0. The van der Waals surface area contributed by atoms with Crippen molar-refractivity contribution in [3.05, 3.63) is 29.3 Å². The van der Waals surface area contributed by atoms with E-state index < -0.39 is 23.1 Å². The maximum Gasteiger partial charge on any atom is 0.259 e. The lowest BCUT2D eigenvalue weighted by Gasteiger charge is -2.38. The first kappa shape index (κ1) is 18.1. The molecule has 0 spiro atoms. The molecule has 2 heterocycles. The third-order valence-electron chi connectivity index (χ3n) is 5.72. The number of hydrogen-bond donors (Lipinski definition) is 0. The quantitative estimate of drug-likeness (QED) is 0.833. The highest BCUT2D eigenvalue weighted by molar-refractivity contribution is 5.95. The Hall–Kier alpha value is -1.69. The lowest BCUT2D eigenvalue weighted by atomic mass is 9.89. The van der Waals surface area contributed by atoms with Crippen molar-refractivity contribution in [1.82, 2.24) is 9.80 Å². The summed E-state index contributed by atoms with van der Waals surface area (Å²) in [6, 6.07) is 2.79. The number of nitrogens with zero attached hydrogens (tertiary/aromatic N) is 2. The molecule has 0 aromatic heterocycles. The summed E-state index contributed by atoms with van der Waals surface area (Å²) in [6.45, 7) is 5.64. The van der Waals surface area contributed by atoms with Crippen molar-refractivity contribution >= 4 is 5.91 Å². The zero-order chi connectivity index (χ0) is 18.0.